The summed E-state index contributed by atoms with van der Waals surface area (Å²) >= 11 is 0. The van der Waals surface area contributed by atoms with Crippen LogP contribution in [0.15, 0.2) is 42.5 Å². The molecule has 0 radical (unpaired) electrons. The molecule has 0 N–H and O–H groups in total. The molecule has 2 aromatic carbocycles. The summed E-state index contributed by atoms with van der Waals surface area (Å²) in [6.45, 7) is 0. The van der Waals surface area contributed by atoms with Gasteiger partial charge in [-0.05, 0) is 12.1 Å². The predicted octanol–water partition coefficient (Wildman–Crippen LogP) is 3.50. The second-order valence-electron chi connectivity index (χ2n) is 3.36. The second kappa shape index (κ2) is 4.75. The maximum Gasteiger partial charge on any atom is 0.144 e. The van der Waals surface area contributed by atoms with Gasteiger partial charge in [0.15, 0.2) is 0 Å². The molecule has 0 unspecified atom stereocenters. The Kier molecular flexibility index (Phi) is 3.15. The van der Waals surface area contributed by atoms with E-state index in [-0.39, 0.29) is 0 Å². The molecule has 0 atom stereocenters. The summed E-state index contributed by atoms with van der Waals surface area (Å²) in [6.07, 6.45) is 0. The first-order valence-electron chi connectivity index (χ1n) is 4.88. The van der Waals surface area contributed by atoms with E-state index in [9.17, 15) is 13.2 Å². The Bertz CT molecular complexity index is 569. The summed E-state index contributed by atoms with van der Waals surface area (Å²) in [7, 11) is 0. The summed E-state index contributed by atoms with van der Waals surface area (Å²) in [5.74, 6) is 2.03. The summed E-state index contributed by atoms with van der Waals surface area (Å²) < 4.78 is 39.1. The van der Waals surface area contributed by atoms with Gasteiger partial charge in [0.2, 0.25) is 0 Å². The average molecular weight is 232 g/mol. The van der Waals surface area contributed by atoms with E-state index in [1.807, 2.05) is 6.07 Å². The molecule has 0 aliphatic rings. The first-order chi connectivity index (χ1) is 8.16. The molecule has 0 saturated carbocycles. The van der Waals surface area contributed by atoms with Gasteiger partial charge >= 0.3 is 0 Å². The minimum atomic E-state index is -0.995. The van der Waals surface area contributed by atoms with Crippen molar-refractivity contribution in [3.63, 3.8) is 0 Å². The van der Waals surface area contributed by atoms with Crippen LogP contribution in [0.4, 0.5) is 13.2 Å². The molecule has 0 amide bonds. The maximum atomic E-state index is 13.2. The normalized spacial score (nSPS) is 9.59. The Labute approximate surface area is 96.7 Å². The molecular weight excluding hydrogens is 225 g/mol. The topological polar surface area (TPSA) is 0 Å². The van der Waals surface area contributed by atoms with Gasteiger partial charge in [0, 0.05) is 17.7 Å². The lowest BCUT2D eigenvalue weighted by Crippen LogP contribution is -1.92. The Morgan fingerprint density at radius 2 is 1.35 bits per heavy atom. The van der Waals surface area contributed by atoms with E-state index in [0.29, 0.717) is 17.7 Å². The molecule has 0 nitrogen and oxygen atoms in total. The average Bonchev–Trinajstić information content (AvgIpc) is 2.29. The third kappa shape index (κ3) is 2.67. The molecule has 0 spiro atoms. The molecule has 0 aromatic heterocycles. The zero-order valence-corrected chi connectivity index (χ0v) is 8.68. The van der Waals surface area contributed by atoms with Gasteiger partial charge in [0.1, 0.15) is 17.5 Å². The van der Waals surface area contributed by atoms with E-state index in [2.05, 4.69) is 11.8 Å². The van der Waals surface area contributed by atoms with Crippen LogP contribution in [0.3, 0.4) is 0 Å². The zero-order chi connectivity index (χ0) is 12.3. The van der Waals surface area contributed by atoms with Gasteiger partial charge < -0.3 is 0 Å². The molecule has 0 fully saturated rings. The van der Waals surface area contributed by atoms with Crippen molar-refractivity contribution in [2.75, 3.05) is 0 Å². The SMILES string of the molecule is Fc1cc(F)c(C#Cc2ccccc2)c(F)c1. The standard InChI is InChI=1S/C14H7F3/c15-11-8-13(16)12(14(17)9-11)7-6-10-4-2-1-3-5-10/h1-5,8-9H. The Morgan fingerprint density at radius 3 is 1.94 bits per heavy atom. The molecule has 0 bridgehead atoms. The fraction of sp³-hybridized carbons (Fsp3) is 0. The molecule has 0 heterocycles. The van der Waals surface area contributed by atoms with Crippen molar-refractivity contribution in [3.8, 4) is 11.8 Å². The summed E-state index contributed by atoms with van der Waals surface area (Å²) in [5, 5.41) is 0. The smallest absolute Gasteiger partial charge is 0.144 e. The van der Waals surface area contributed by atoms with E-state index >= 15 is 0 Å². The molecular formula is C14H7F3. The van der Waals surface area contributed by atoms with E-state index < -0.39 is 23.0 Å². The van der Waals surface area contributed by atoms with E-state index in [0.717, 1.165) is 0 Å². The Morgan fingerprint density at radius 1 is 0.765 bits per heavy atom. The van der Waals surface area contributed by atoms with Crippen LogP contribution in [0.2, 0.25) is 0 Å². The van der Waals surface area contributed by atoms with Crippen molar-refractivity contribution in [2.45, 2.75) is 0 Å². The van der Waals surface area contributed by atoms with Crippen molar-refractivity contribution >= 4 is 0 Å². The van der Waals surface area contributed by atoms with Gasteiger partial charge in [-0.25, -0.2) is 13.2 Å². The molecule has 2 rings (SSSR count). The van der Waals surface area contributed by atoms with Crippen LogP contribution in [-0.4, -0.2) is 0 Å². The van der Waals surface area contributed by atoms with Gasteiger partial charge in [-0.15, -0.1) is 0 Å². The number of rotatable bonds is 0. The Hall–Kier alpha value is -2.21. The molecule has 0 aliphatic carbocycles. The third-order valence-electron chi connectivity index (χ3n) is 2.11. The number of benzene rings is 2. The number of hydrogen-bond acceptors (Lipinski definition) is 0. The van der Waals surface area contributed by atoms with Crippen LogP contribution in [0.1, 0.15) is 11.1 Å². The highest BCUT2D eigenvalue weighted by Crippen LogP contribution is 2.13. The van der Waals surface area contributed by atoms with Crippen molar-refractivity contribution in [1.29, 1.82) is 0 Å². The molecule has 84 valence electrons. The maximum absolute atomic E-state index is 13.2. The fourth-order valence-electron chi connectivity index (χ4n) is 1.32. The zero-order valence-electron chi connectivity index (χ0n) is 8.68. The Balaban J connectivity index is 2.41. The molecule has 0 saturated heterocycles. The van der Waals surface area contributed by atoms with E-state index in [4.69, 9.17) is 0 Å². The number of halogens is 3. The van der Waals surface area contributed by atoms with Crippen molar-refractivity contribution < 1.29 is 13.2 Å². The second-order valence-corrected chi connectivity index (χ2v) is 3.36. The summed E-state index contributed by atoms with van der Waals surface area (Å²) in [6, 6.07) is 9.99. The van der Waals surface area contributed by atoms with Crippen LogP contribution in [-0.2, 0) is 0 Å². The summed E-state index contributed by atoms with van der Waals surface area (Å²) in [5.41, 5.74) is 0.214. The molecule has 2 aromatic rings. The van der Waals surface area contributed by atoms with Crippen LogP contribution >= 0.6 is 0 Å². The number of hydrogen-bond donors (Lipinski definition) is 0. The van der Waals surface area contributed by atoms with Crippen molar-refractivity contribution in [2.24, 2.45) is 0 Å². The highest BCUT2D eigenvalue weighted by molar-refractivity contribution is 5.43. The molecule has 3 heteroatoms. The van der Waals surface area contributed by atoms with Crippen LogP contribution in [0, 0.1) is 29.3 Å². The fourth-order valence-corrected chi connectivity index (χ4v) is 1.32. The quantitative estimate of drug-likeness (QED) is 0.610. The predicted molar refractivity (Wildman–Crippen MR) is 58.7 cm³/mol. The van der Waals surface area contributed by atoms with Gasteiger partial charge in [-0.2, -0.15) is 0 Å². The van der Waals surface area contributed by atoms with Gasteiger partial charge in [0.25, 0.3) is 0 Å². The lowest BCUT2D eigenvalue weighted by atomic mass is 10.1. The van der Waals surface area contributed by atoms with Gasteiger partial charge in [-0.1, -0.05) is 30.0 Å². The van der Waals surface area contributed by atoms with E-state index in [1.165, 1.54) is 0 Å². The minimum absolute atomic E-state index is 0.421. The van der Waals surface area contributed by atoms with Crippen LogP contribution in [0.5, 0.6) is 0 Å². The largest absolute Gasteiger partial charge is 0.207 e. The first-order valence-corrected chi connectivity index (χ1v) is 4.88. The molecule has 0 aliphatic heterocycles. The van der Waals surface area contributed by atoms with Crippen molar-refractivity contribution in [3.05, 3.63) is 71.0 Å². The highest BCUT2D eigenvalue weighted by Gasteiger charge is 2.08. The van der Waals surface area contributed by atoms with Gasteiger partial charge in [-0.3, -0.25) is 0 Å². The third-order valence-corrected chi connectivity index (χ3v) is 2.11. The summed E-state index contributed by atoms with van der Waals surface area (Å²) in [4.78, 5) is 0. The van der Waals surface area contributed by atoms with Crippen molar-refractivity contribution in [1.82, 2.24) is 0 Å². The van der Waals surface area contributed by atoms with Gasteiger partial charge in [0.05, 0.1) is 5.56 Å². The first kappa shape index (κ1) is 11.3. The highest BCUT2D eigenvalue weighted by atomic mass is 19.1. The lowest BCUT2D eigenvalue weighted by Gasteiger charge is -1.97. The monoisotopic (exact) mass is 232 g/mol. The lowest BCUT2D eigenvalue weighted by molar-refractivity contribution is 0.539. The minimum Gasteiger partial charge on any atom is -0.207 e. The van der Waals surface area contributed by atoms with E-state index in [1.54, 1.807) is 24.3 Å². The van der Waals surface area contributed by atoms with Crippen LogP contribution < -0.4 is 0 Å². The molecule has 17 heavy (non-hydrogen) atoms. The van der Waals surface area contributed by atoms with Crippen LogP contribution in [0.25, 0.3) is 0 Å².